The van der Waals surface area contributed by atoms with Crippen molar-refractivity contribution in [3.8, 4) is 16.2 Å². The summed E-state index contributed by atoms with van der Waals surface area (Å²) in [4.78, 5) is 14.1. The fourth-order valence-electron chi connectivity index (χ4n) is 2.52. The lowest BCUT2D eigenvalue weighted by Crippen LogP contribution is -2.29. The fourth-order valence-corrected chi connectivity index (χ4v) is 4.24. The highest BCUT2D eigenvalue weighted by atomic mass is 32.1. The molecular weight excluding hydrogens is 366 g/mol. The van der Waals surface area contributed by atoms with E-state index < -0.39 is 6.10 Å². The van der Waals surface area contributed by atoms with Crippen molar-refractivity contribution in [1.29, 1.82) is 0 Å². The molecule has 3 aromatic rings. The number of benzene rings is 1. The first-order valence-electron chi connectivity index (χ1n) is 8.44. The molecule has 0 radical (unpaired) electrons. The molecule has 0 aliphatic carbocycles. The number of carbonyl (C=O) groups is 1. The second kappa shape index (κ2) is 8.98. The highest BCUT2D eigenvalue weighted by Gasteiger charge is 2.13. The highest BCUT2D eigenvalue weighted by Crippen LogP contribution is 2.32. The summed E-state index contributed by atoms with van der Waals surface area (Å²) in [7, 11) is 0. The van der Waals surface area contributed by atoms with E-state index in [1.807, 2.05) is 48.7 Å². The van der Waals surface area contributed by atoms with Crippen molar-refractivity contribution in [3.05, 3.63) is 63.7 Å². The Morgan fingerprint density at radius 1 is 1.19 bits per heavy atom. The van der Waals surface area contributed by atoms with Crippen LogP contribution in [0.5, 0.6) is 5.75 Å². The van der Waals surface area contributed by atoms with Crippen LogP contribution in [-0.4, -0.2) is 24.2 Å². The third kappa shape index (κ3) is 4.94. The van der Waals surface area contributed by atoms with Gasteiger partial charge in [0.15, 0.2) is 0 Å². The molecule has 1 atom stereocenters. The van der Waals surface area contributed by atoms with Gasteiger partial charge >= 0.3 is 0 Å². The lowest BCUT2D eigenvalue weighted by molar-refractivity contribution is -0.120. The van der Waals surface area contributed by atoms with Gasteiger partial charge in [-0.2, -0.15) is 11.3 Å². The summed E-state index contributed by atoms with van der Waals surface area (Å²) in [6.45, 7) is 2.76. The van der Waals surface area contributed by atoms with Crippen LogP contribution in [0.1, 0.15) is 23.5 Å². The molecular formula is C20H21NO3S2. The number of nitrogens with one attached hydrogen (secondary N) is 1. The molecule has 0 bridgehead atoms. The normalized spacial score (nSPS) is 11.9. The third-order valence-corrected chi connectivity index (χ3v) is 5.77. The monoisotopic (exact) mass is 387 g/mol. The molecule has 4 nitrogen and oxygen atoms in total. The van der Waals surface area contributed by atoms with E-state index in [1.54, 1.807) is 22.7 Å². The van der Waals surface area contributed by atoms with Crippen LogP contribution in [0.3, 0.4) is 0 Å². The number of thiophene rings is 2. The first-order valence-corrected chi connectivity index (χ1v) is 10.2. The average molecular weight is 388 g/mol. The highest BCUT2D eigenvalue weighted by molar-refractivity contribution is 7.16. The van der Waals surface area contributed by atoms with Gasteiger partial charge in [-0.3, -0.25) is 4.79 Å². The number of amides is 1. The number of aliphatic hydroxyl groups is 1. The molecule has 0 aliphatic heterocycles. The second-order valence-electron chi connectivity index (χ2n) is 5.79. The quantitative estimate of drug-likeness (QED) is 0.607. The fraction of sp³-hybridized carbons (Fsp3) is 0.250. The van der Waals surface area contributed by atoms with Gasteiger partial charge in [0.25, 0.3) is 0 Å². The molecule has 0 saturated heterocycles. The van der Waals surface area contributed by atoms with Crippen molar-refractivity contribution in [1.82, 2.24) is 5.32 Å². The molecule has 1 unspecified atom stereocenters. The number of ether oxygens (including phenoxy) is 1. The summed E-state index contributed by atoms with van der Waals surface area (Å²) in [5.41, 5.74) is 2.08. The van der Waals surface area contributed by atoms with Crippen molar-refractivity contribution in [2.24, 2.45) is 0 Å². The Morgan fingerprint density at radius 2 is 2.00 bits per heavy atom. The van der Waals surface area contributed by atoms with E-state index in [0.29, 0.717) is 6.61 Å². The van der Waals surface area contributed by atoms with Crippen molar-refractivity contribution in [2.45, 2.75) is 19.4 Å². The minimum atomic E-state index is -0.698. The minimum absolute atomic E-state index is 0.108. The van der Waals surface area contributed by atoms with Crippen LogP contribution in [0, 0.1) is 0 Å². The SMILES string of the molecule is CCOc1ccc(CC(=O)NCC(O)c2ccc(-c3ccsc3)s2)cc1. The minimum Gasteiger partial charge on any atom is -0.494 e. The first-order chi connectivity index (χ1) is 12.7. The Morgan fingerprint density at radius 3 is 2.69 bits per heavy atom. The summed E-state index contributed by atoms with van der Waals surface area (Å²) in [6.07, 6.45) is -0.416. The topological polar surface area (TPSA) is 58.6 Å². The summed E-state index contributed by atoms with van der Waals surface area (Å²) < 4.78 is 5.39. The summed E-state index contributed by atoms with van der Waals surface area (Å²) >= 11 is 3.20. The maximum Gasteiger partial charge on any atom is 0.224 e. The number of hydrogen-bond acceptors (Lipinski definition) is 5. The lowest BCUT2D eigenvalue weighted by atomic mass is 10.1. The van der Waals surface area contributed by atoms with E-state index in [2.05, 4.69) is 16.8 Å². The number of hydrogen-bond donors (Lipinski definition) is 2. The number of carbonyl (C=O) groups excluding carboxylic acids is 1. The van der Waals surface area contributed by atoms with Gasteiger partial charge in [-0.1, -0.05) is 12.1 Å². The Balaban J connectivity index is 1.49. The van der Waals surface area contributed by atoms with Gasteiger partial charge in [0.2, 0.25) is 5.91 Å². The van der Waals surface area contributed by atoms with Gasteiger partial charge in [0.1, 0.15) is 11.9 Å². The zero-order valence-corrected chi connectivity index (χ0v) is 16.1. The molecule has 2 heterocycles. The Bertz CT molecular complexity index is 825. The molecule has 26 heavy (non-hydrogen) atoms. The smallest absolute Gasteiger partial charge is 0.224 e. The van der Waals surface area contributed by atoms with Crippen molar-refractivity contribution in [3.63, 3.8) is 0 Å². The average Bonchev–Trinajstić information content (AvgIpc) is 3.33. The van der Waals surface area contributed by atoms with Gasteiger partial charge in [-0.15, -0.1) is 11.3 Å². The van der Waals surface area contributed by atoms with Crippen LogP contribution < -0.4 is 10.1 Å². The molecule has 2 aromatic heterocycles. The predicted octanol–water partition coefficient (Wildman–Crippen LogP) is 4.27. The van der Waals surface area contributed by atoms with Crippen LogP contribution in [0.15, 0.2) is 53.2 Å². The molecule has 0 spiro atoms. The maximum atomic E-state index is 12.1. The zero-order valence-electron chi connectivity index (χ0n) is 14.5. The van der Waals surface area contributed by atoms with E-state index in [0.717, 1.165) is 26.6 Å². The van der Waals surface area contributed by atoms with Crippen molar-refractivity contribution >= 4 is 28.6 Å². The molecule has 0 aliphatic rings. The molecule has 1 aromatic carbocycles. The molecule has 3 rings (SSSR count). The van der Waals surface area contributed by atoms with E-state index in [-0.39, 0.29) is 18.9 Å². The Hall–Kier alpha value is -2.15. The van der Waals surface area contributed by atoms with Gasteiger partial charge in [0, 0.05) is 21.9 Å². The van der Waals surface area contributed by atoms with Crippen LogP contribution in [0.25, 0.3) is 10.4 Å². The third-order valence-electron chi connectivity index (χ3n) is 3.85. The van der Waals surface area contributed by atoms with E-state index in [1.165, 1.54) is 0 Å². The summed E-state index contributed by atoms with van der Waals surface area (Å²) in [6, 6.07) is 13.5. The van der Waals surface area contributed by atoms with E-state index >= 15 is 0 Å². The Labute approximate surface area is 161 Å². The molecule has 0 saturated carbocycles. The lowest BCUT2D eigenvalue weighted by Gasteiger charge is -2.10. The zero-order chi connectivity index (χ0) is 18.4. The Kier molecular flexibility index (Phi) is 6.44. The van der Waals surface area contributed by atoms with Crippen molar-refractivity contribution in [2.75, 3.05) is 13.2 Å². The number of rotatable bonds is 8. The maximum absolute atomic E-state index is 12.1. The molecule has 2 N–H and O–H groups in total. The van der Waals surface area contributed by atoms with Crippen LogP contribution in [-0.2, 0) is 11.2 Å². The largest absolute Gasteiger partial charge is 0.494 e. The van der Waals surface area contributed by atoms with Gasteiger partial charge in [0.05, 0.1) is 13.0 Å². The predicted molar refractivity (Wildman–Crippen MR) is 107 cm³/mol. The molecule has 136 valence electrons. The van der Waals surface area contributed by atoms with E-state index in [4.69, 9.17) is 4.74 Å². The second-order valence-corrected chi connectivity index (χ2v) is 7.68. The van der Waals surface area contributed by atoms with Gasteiger partial charge in [-0.25, -0.2) is 0 Å². The van der Waals surface area contributed by atoms with Gasteiger partial charge in [-0.05, 0) is 53.6 Å². The first kappa shape index (κ1) is 18.6. The summed E-state index contributed by atoms with van der Waals surface area (Å²) in [5.74, 6) is 0.689. The van der Waals surface area contributed by atoms with Crippen LogP contribution in [0.2, 0.25) is 0 Å². The summed E-state index contributed by atoms with van der Waals surface area (Å²) in [5, 5.41) is 17.2. The number of aliphatic hydroxyl groups excluding tert-OH is 1. The van der Waals surface area contributed by atoms with E-state index in [9.17, 15) is 9.90 Å². The van der Waals surface area contributed by atoms with Crippen LogP contribution >= 0.6 is 22.7 Å². The standard InChI is InChI=1S/C20H21NO3S2/c1-2-24-16-5-3-14(4-6-16)11-20(23)21-12-17(22)19-8-7-18(26-19)15-9-10-25-13-15/h3-10,13,17,22H,2,11-12H2,1H3,(H,21,23). The molecule has 6 heteroatoms. The molecule has 1 amide bonds. The molecule has 0 fully saturated rings. The van der Waals surface area contributed by atoms with Gasteiger partial charge < -0.3 is 15.2 Å². The van der Waals surface area contributed by atoms with Crippen LogP contribution in [0.4, 0.5) is 0 Å². The van der Waals surface area contributed by atoms with Crippen molar-refractivity contribution < 1.29 is 14.6 Å².